The van der Waals surface area contributed by atoms with Crippen molar-refractivity contribution in [1.29, 1.82) is 0 Å². The van der Waals surface area contributed by atoms with E-state index in [1.54, 1.807) is 5.57 Å². The van der Waals surface area contributed by atoms with Gasteiger partial charge in [0.2, 0.25) is 0 Å². The highest BCUT2D eigenvalue weighted by molar-refractivity contribution is 5.18. The zero-order valence-electron chi connectivity index (χ0n) is 13.0. The summed E-state index contributed by atoms with van der Waals surface area (Å²) in [6, 6.07) is 0. The molecule has 2 aliphatic carbocycles. The molecule has 0 unspecified atom stereocenters. The highest BCUT2D eigenvalue weighted by Crippen LogP contribution is 2.43. The van der Waals surface area contributed by atoms with E-state index in [2.05, 4.69) is 27.7 Å². The molecule has 2 saturated carbocycles. The summed E-state index contributed by atoms with van der Waals surface area (Å²) >= 11 is 0. The van der Waals surface area contributed by atoms with Crippen molar-refractivity contribution in [3.8, 4) is 0 Å². The maximum Gasteiger partial charge on any atom is -0.0198 e. The Morgan fingerprint density at radius 2 is 0.944 bits per heavy atom. The fraction of sp³-hybridized carbons (Fsp3) is 0.889. The highest BCUT2D eigenvalue weighted by atomic mass is 14.3. The van der Waals surface area contributed by atoms with E-state index in [-0.39, 0.29) is 0 Å². The molecule has 2 fully saturated rings. The predicted octanol–water partition coefficient (Wildman–Crippen LogP) is 5.98. The molecule has 104 valence electrons. The van der Waals surface area contributed by atoms with Gasteiger partial charge in [-0.1, -0.05) is 50.7 Å². The first-order valence-electron chi connectivity index (χ1n) is 8.25. The molecule has 0 bridgehead atoms. The van der Waals surface area contributed by atoms with E-state index in [1.807, 2.05) is 5.57 Å². The molecule has 2 aliphatic rings. The molecule has 0 heterocycles. The Kier molecular flexibility index (Phi) is 4.92. The van der Waals surface area contributed by atoms with Crippen LogP contribution in [0.4, 0.5) is 0 Å². The van der Waals surface area contributed by atoms with Gasteiger partial charge in [-0.25, -0.2) is 0 Å². The predicted molar refractivity (Wildman–Crippen MR) is 80.6 cm³/mol. The molecular formula is C18H32. The van der Waals surface area contributed by atoms with Crippen molar-refractivity contribution in [2.45, 2.75) is 79.1 Å². The van der Waals surface area contributed by atoms with Gasteiger partial charge in [0, 0.05) is 0 Å². The van der Waals surface area contributed by atoms with Crippen LogP contribution in [-0.4, -0.2) is 0 Å². The lowest BCUT2D eigenvalue weighted by Crippen LogP contribution is -2.23. The second-order valence-electron chi connectivity index (χ2n) is 7.37. The lowest BCUT2D eigenvalue weighted by atomic mass is 9.69. The zero-order valence-corrected chi connectivity index (χ0v) is 13.0. The van der Waals surface area contributed by atoms with E-state index in [9.17, 15) is 0 Å². The van der Waals surface area contributed by atoms with E-state index in [1.165, 1.54) is 51.4 Å². The van der Waals surface area contributed by atoms with Crippen LogP contribution in [-0.2, 0) is 0 Å². The molecule has 0 saturated heterocycles. The lowest BCUT2D eigenvalue weighted by molar-refractivity contribution is 0.262. The molecule has 0 aromatic heterocycles. The van der Waals surface area contributed by atoms with E-state index >= 15 is 0 Å². The molecular weight excluding hydrogens is 216 g/mol. The fourth-order valence-corrected chi connectivity index (χ4v) is 4.29. The minimum Gasteiger partial charge on any atom is -0.0767 e. The Bertz CT molecular complexity index is 255. The minimum absolute atomic E-state index is 0.935. The molecule has 0 radical (unpaired) electrons. The summed E-state index contributed by atoms with van der Waals surface area (Å²) in [7, 11) is 0. The van der Waals surface area contributed by atoms with Crippen molar-refractivity contribution in [2.75, 3.05) is 0 Å². The minimum atomic E-state index is 0.935. The molecule has 0 heteroatoms. The molecule has 18 heavy (non-hydrogen) atoms. The maximum atomic E-state index is 2.43. The SMILES string of the molecule is CC(C)=C(C1CCC(C)CC1)C1CCC(C)CC1. The van der Waals surface area contributed by atoms with Crippen molar-refractivity contribution < 1.29 is 0 Å². The van der Waals surface area contributed by atoms with Gasteiger partial charge in [0.1, 0.15) is 0 Å². The Morgan fingerprint density at radius 1 is 0.611 bits per heavy atom. The monoisotopic (exact) mass is 248 g/mol. The number of rotatable bonds is 2. The summed E-state index contributed by atoms with van der Waals surface area (Å²) in [6.45, 7) is 9.60. The smallest absolute Gasteiger partial charge is 0.0198 e. The summed E-state index contributed by atoms with van der Waals surface area (Å²) in [4.78, 5) is 0. The molecule has 0 aromatic rings. The Balaban J connectivity index is 2.03. The largest absolute Gasteiger partial charge is 0.0767 e. The summed E-state index contributed by atoms with van der Waals surface area (Å²) in [5.41, 5.74) is 3.53. The fourth-order valence-electron chi connectivity index (χ4n) is 4.29. The molecule has 0 N–H and O–H groups in total. The van der Waals surface area contributed by atoms with Crippen LogP contribution >= 0.6 is 0 Å². The van der Waals surface area contributed by atoms with E-state index in [0.717, 1.165) is 23.7 Å². The Morgan fingerprint density at radius 3 is 1.22 bits per heavy atom. The van der Waals surface area contributed by atoms with Crippen LogP contribution in [0.2, 0.25) is 0 Å². The van der Waals surface area contributed by atoms with Crippen molar-refractivity contribution in [2.24, 2.45) is 23.7 Å². The Hall–Kier alpha value is -0.260. The van der Waals surface area contributed by atoms with Crippen LogP contribution < -0.4 is 0 Å². The summed E-state index contributed by atoms with van der Waals surface area (Å²) in [5, 5.41) is 0. The van der Waals surface area contributed by atoms with Gasteiger partial charge < -0.3 is 0 Å². The average Bonchev–Trinajstić information content (AvgIpc) is 2.34. The molecule has 0 nitrogen and oxygen atoms in total. The lowest BCUT2D eigenvalue weighted by Gasteiger charge is -2.36. The topological polar surface area (TPSA) is 0 Å². The van der Waals surface area contributed by atoms with E-state index in [0.29, 0.717) is 0 Å². The summed E-state index contributed by atoms with van der Waals surface area (Å²) in [5.74, 6) is 3.83. The highest BCUT2D eigenvalue weighted by Gasteiger charge is 2.29. The van der Waals surface area contributed by atoms with Crippen LogP contribution in [0.25, 0.3) is 0 Å². The summed E-state index contributed by atoms with van der Waals surface area (Å²) in [6.07, 6.45) is 11.7. The van der Waals surface area contributed by atoms with Crippen LogP contribution in [0.1, 0.15) is 79.1 Å². The third-order valence-electron chi connectivity index (χ3n) is 5.49. The third kappa shape index (κ3) is 3.39. The normalized spacial score (nSPS) is 37.3. The van der Waals surface area contributed by atoms with Crippen molar-refractivity contribution in [1.82, 2.24) is 0 Å². The first-order chi connectivity index (χ1) is 8.58. The van der Waals surface area contributed by atoms with Crippen LogP contribution in [0, 0.1) is 23.7 Å². The standard InChI is InChI=1S/C18H32/c1-13(2)18(16-9-5-14(3)6-10-16)17-11-7-15(4)8-12-17/h14-17H,5-12H2,1-4H3. The van der Waals surface area contributed by atoms with Gasteiger partial charge in [-0.2, -0.15) is 0 Å². The molecule has 0 aromatic carbocycles. The van der Waals surface area contributed by atoms with Gasteiger partial charge >= 0.3 is 0 Å². The van der Waals surface area contributed by atoms with E-state index < -0.39 is 0 Å². The van der Waals surface area contributed by atoms with Gasteiger partial charge in [0.25, 0.3) is 0 Å². The van der Waals surface area contributed by atoms with Crippen molar-refractivity contribution >= 4 is 0 Å². The zero-order chi connectivity index (χ0) is 13.1. The van der Waals surface area contributed by atoms with Gasteiger partial charge in [-0.3, -0.25) is 0 Å². The average molecular weight is 248 g/mol. The molecule has 0 aliphatic heterocycles. The van der Waals surface area contributed by atoms with Crippen LogP contribution in [0.5, 0.6) is 0 Å². The van der Waals surface area contributed by atoms with Gasteiger partial charge in [0.05, 0.1) is 0 Å². The first-order valence-corrected chi connectivity index (χ1v) is 8.25. The quantitative estimate of drug-likeness (QED) is 0.528. The van der Waals surface area contributed by atoms with Crippen molar-refractivity contribution in [3.05, 3.63) is 11.1 Å². The van der Waals surface area contributed by atoms with Crippen LogP contribution in [0.3, 0.4) is 0 Å². The second-order valence-corrected chi connectivity index (χ2v) is 7.37. The second kappa shape index (κ2) is 6.26. The van der Waals surface area contributed by atoms with Gasteiger partial charge in [-0.15, -0.1) is 0 Å². The molecule has 0 spiro atoms. The van der Waals surface area contributed by atoms with E-state index in [4.69, 9.17) is 0 Å². The number of allylic oxidation sites excluding steroid dienone is 2. The van der Waals surface area contributed by atoms with Gasteiger partial charge in [0.15, 0.2) is 0 Å². The van der Waals surface area contributed by atoms with Crippen molar-refractivity contribution in [3.63, 3.8) is 0 Å². The molecule has 2 rings (SSSR count). The number of hydrogen-bond donors (Lipinski definition) is 0. The third-order valence-corrected chi connectivity index (χ3v) is 5.49. The Labute approximate surface area is 114 Å². The summed E-state index contributed by atoms with van der Waals surface area (Å²) < 4.78 is 0. The maximum absolute atomic E-state index is 2.43. The van der Waals surface area contributed by atoms with Gasteiger partial charge in [-0.05, 0) is 63.2 Å². The molecule has 0 atom stereocenters. The number of hydrogen-bond acceptors (Lipinski definition) is 0. The van der Waals surface area contributed by atoms with Crippen LogP contribution in [0.15, 0.2) is 11.1 Å². The first kappa shape index (κ1) is 14.2. The molecule has 0 amide bonds.